The van der Waals surface area contributed by atoms with Gasteiger partial charge in [0.05, 0.1) is 29.1 Å². The van der Waals surface area contributed by atoms with E-state index in [1.54, 1.807) is 24.0 Å². The molecule has 1 fully saturated rings. The number of benzene rings is 1. The summed E-state index contributed by atoms with van der Waals surface area (Å²) in [4.78, 5) is 36.5. The lowest BCUT2D eigenvalue weighted by Gasteiger charge is -2.24. The van der Waals surface area contributed by atoms with Gasteiger partial charge >= 0.3 is 0 Å². The van der Waals surface area contributed by atoms with Crippen LogP contribution in [0.15, 0.2) is 42.7 Å². The second-order valence-electron chi connectivity index (χ2n) is 7.47. The molecule has 2 amide bonds. The number of aryl methyl sites for hydroxylation is 2. The molecule has 4 rings (SSSR count). The summed E-state index contributed by atoms with van der Waals surface area (Å²) >= 11 is 0. The molecular weight excluding hydrogens is 380 g/mol. The number of hydrogen-bond acceptors (Lipinski definition) is 5. The van der Waals surface area contributed by atoms with E-state index in [4.69, 9.17) is 0 Å². The van der Waals surface area contributed by atoms with E-state index in [9.17, 15) is 9.59 Å². The highest BCUT2D eigenvalue weighted by atomic mass is 16.2. The lowest BCUT2D eigenvalue weighted by atomic mass is 10.1. The summed E-state index contributed by atoms with van der Waals surface area (Å²) in [7, 11) is 1.82. The molecule has 2 aromatic heterocycles. The fraction of sp³-hybridized carbons (Fsp3) is 0.318. The molecule has 154 valence electrons. The van der Waals surface area contributed by atoms with Crippen LogP contribution in [0.4, 0.5) is 5.69 Å². The first-order chi connectivity index (χ1) is 14.5. The molecule has 8 nitrogen and oxygen atoms in total. The Morgan fingerprint density at radius 3 is 2.53 bits per heavy atom. The Bertz CT molecular complexity index is 1090. The molecule has 1 aromatic carbocycles. The van der Waals surface area contributed by atoms with Crippen molar-refractivity contribution in [2.45, 2.75) is 32.7 Å². The fourth-order valence-electron chi connectivity index (χ4n) is 3.73. The molecule has 0 saturated carbocycles. The quantitative estimate of drug-likeness (QED) is 0.721. The van der Waals surface area contributed by atoms with Crippen LogP contribution in [0.2, 0.25) is 0 Å². The number of carbonyl (C=O) groups is 2. The van der Waals surface area contributed by atoms with Gasteiger partial charge in [-0.3, -0.25) is 14.3 Å². The molecule has 8 heteroatoms. The van der Waals surface area contributed by atoms with Crippen LogP contribution in [-0.2, 0) is 7.05 Å². The van der Waals surface area contributed by atoms with Crippen molar-refractivity contribution in [2.75, 3.05) is 11.9 Å². The maximum absolute atomic E-state index is 13.1. The minimum absolute atomic E-state index is 0.0600. The van der Waals surface area contributed by atoms with Crippen molar-refractivity contribution in [1.82, 2.24) is 24.6 Å². The number of aromatic nitrogens is 4. The normalized spacial score (nSPS) is 16.0. The predicted octanol–water partition coefficient (Wildman–Crippen LogP) is 3.06. The highest BCUT2D eigenvalue weighted by Crippen LogP contribution is 2.32. The molecule has 0 radical (unpaired) electrons. The van der Waals surface area contributed by atoms with Crippen molar-refractivity contribution in [1.29, 1.82) is 0 Å². The Morgan fingerprint density at radius 1 is 1.10 bits per heavy atom. The van der Waals surface area contributed by atoms with Crippen molar-refractivity contribution in [3.05, 3.63) is 71.1 Å². The standard InChI is InChI=1S/C22H24N6O2/c1-14-17(21(29)26-16-8-5-4-6-9-16)12-23-20(25-14)19-10-7-11-28(19)22(30)18-13-24-27(3)15(18)2/h4-6,8-9,12-13,19H,7,10-11H2,1-3H3,(H,26,29). The number of amides is 2. The summed E-state index contributed by atoms with van der Waals surface area (Å²) in [5.41, 5.74) is 3.15. The summed E-state index contributed by atoms with van der Waals surface area (Å²) < 4.78 is 1.69. The van der Waals surface area contributed by atoms with Gasteiger partial charge in [0, 0.05) is 31.2 Å². The van der Waals surface area contributed by atoms with E-state index in [1.165, 1.54) is 0 Å². The van der Waals surface area contributed by atoms with Crippen molar-refractivity contribution in [3.63, 3.8) is 0 Å². The average molecular weight is 404 g/mol. The molecule has 30 heavy (non-hydrogen) atoms. The molecule has 0 aliphatic carbocycles. The van der Waals surface area contributed by atoms with Crippen LogP contribution in [0.25, 0.3) is 0 Å². The van der Waals surface area contributed by atoms with E-state index in [0.29, 0.717) is 34.9 Å². The number of rotatable bonds is 4. The van der Waals surface area contributed by atoms with Crippen LogP contribution >= 0.6 is 0 Å². The molecule has 1 aliphatic heterocycles. The first-order valence-electron chi connectivity index (χ1n) is 9.95. The lowest BCUT2D eigenvalue weighted by Crippen LogP contribution is -2.32. The van der Waals surface area contributed by atoms with Gasteiger partial charge in [0.2, 0.25) is 0 Å². The number of hydrogen-bond donors (Lipinski definition) is 1. The summed E-state index contributed by atoms with van der Waals surface area (Å²) in [6.07, 6.45) is 4.83. The van der Waals surface area contributed by atoms with Gasteiger partial charge in [0.1, 0.15) is 0 Å². The van der Waals surface area contributed by atoms with Crippen LogP contribution in [0.1, 0.15) is 56.8 Å². The highest BCUT2D eigenvalue weighted by Gasteiger charge is 2.34. The average Bonchev–Trinajstić information content (AvgIpc) is 3.35. The Hall–Kier alpha value is -3.55. The Balaban J connectivity index is 1.55. The fourth-order valence-corrected chi connectivity index (χ4v) is 3.73. The summed E-state index contributed by atoms with van der Waals surface area (Å²) in [6, 6.07) is 9.05. The van der Waals surface area contributed by atoms with Gasteiger partial charge in [-0.2, -0.15) is 5.10 Å². The minimum Gasteiger partial charge on any atom is -0.328 e. The molecule has 1 N–H and O–H groups in total. The summed E-state index contributed by atoms with van der Waals surface area (Å²) in [5.74, 6) is 0.252. The molecule has 1 atom stereocenters. The second kappa shape index (κ2) is 8.06. The maximum atomic E-state index is 13.1. The summed E-state index contributed by atoms with van der Waals surface area (Å²) in [6.45, 7) is 4.32. The number of para-hydroxylation sites is 1. The minimum atomic E-state index is -0.254. The van der Waals surface area contributed by atoms with Crippen LogP contribution in [-0.4, -0.2) is 43.0 Å². The number of nitrogens with zero attached hydrogens (tertiary/aromatic N) is 5. The zero-order chi connectivity index (χ0) is 21.3. The number of likely N-dealkylation sites (tertiary alicyclic amines) is 1. The molecule has 1 saturated heterocycles. The van der Waals surface area contributed by atoms with Crippen molar-refractivity contribution in [2.24, 2.45) is 7.05 Å². The van der Waals surface area contributed by atoms with Gasteiger partial charge < -0.3 is 10.2 Å². The predicted molar refractivity (Wildman–Crippen MR) is 112 cm³/mol. The van der Waals surface area contributed by atoms with Gasteiger partial charge in [-0.05, 0) is 38.8 Å². The SMILES string of the molecule is Cc1nc(C2CCCN2C(=O)c2cnn(C)c2C)ncc1C(=O)Nc1ccccc1. The van der Waals surface area contributed by atoms with Gasteiger partial charge in [-0.25, -0.2) is 9.97 Å². The summed E-state index contributed by atoms with van der Waals surface area (Å²) in [5, 5.41) is 7.03. The monoisotopic (exact) mass is 404 g/mol. The third kappa shape index (κ3) is 3.68. The van der Waals surface area contributed by atoms with E-state index < -0.39 is 0 Å². The first kappa shape index (κ1) is 19.8. The largest absolute Gasteiger partial charge is 0.328 e. The third-order valence-corrected chi connectivity index (χ3v) is 5.55. The van der Waals surface area contributed by atoms with E-state index in [2.05, 4.69) is 20.4 Å². The zero-order valence-corrected chi connectivity index (χ0v) is 17.3. The highest BCUT2D eigenvalue weighted by molar-refractivity contribution is 6.04. The molecule has 3 aromatic rings. The number of anilines is 1. The third-order valence-electron chi connectivity index (χ3n) is 5.55. The molecule has 0 spiro atoms. The van der Waals surface area contributed by atoms with Gasteiger partial charge in [0.15, 0.2) is 5.82 Å². The van der Waals surface area contributed by atoms with Gasteiger partial charge in [-0.15, -0.1) is 0 Å². The maximum Gasteiger partial charge on any atom is 0.259 e. The van der Waals surface area contributed by atoms with Crippen LogP contribution < -0.4 is 5.32 Å². The van der Waals surface area contributed by atoms with E-state index >= 15 is 0 Å². The van der Waals surface area contributed by atoms with Gasteiger partial charge in [0.25, 0.3) is 11.8 Å². The zero-order valence-electron chi connectivity index (χ0n) is 17.3. The van der Waals surface area contributed by atoms with Crippen molar-refractivity contribution >= 4 is 17.5 Å². The molecule has 1 unspecified atom stereocenters. The van der Waals surface area contributed by atoms with E-state index in [1.807, 2.05) is 49.2 Å². The Labute approximate surface area is 175 Å². The first-order valence-corrected chi connectivity index (χ1v) is 9.95. The van der Waals surface area contributed by atoms with Crippen molar-refractivity contribution in [3.8, 4) is 0 Å². The lowest BCUT2D eigenvalue weighted by molar-refractivity contribution is 0.0728. The number of nitrogens with one attached hydrogen (secondary N) is 1. The molecule has 3 heterocycles. The van der Waals surface area contributed by atoms with Gasteiger partial charge in [-0.1, -0.05) is 18.2 Å². The van der Waals surface area contributed by atoms with Crippen molar-refractivity contribution < 1.29 is 9.59 Å². The van der Waals surface area contributed by atoms with E-state index in [-0.39, 0.29) is 17.9 Å². The Kier molecular flexibility index (Phi) is 5.31. The smallest absolute Gasteiger partial charge is 0.259 e. The second-order valence-corrected chi connectivity index (χ2v) is 7.47. The topological polar surface area (TPSA) is 93.0 Å². The molecule has 1 aliphatic rings. The van der Waals surface area contributed by atoms with Crippen LogP contribution in [0, 0.1) is 13.8 Å². The molecular formula is C22H24N6O2. The Morgan fingerprint density at radius 2 is 1.87 bits per heavy atom. The van der Waals surface area contributed by atoms with Crippen LogP contribution in [0.3, 0.4) is 0 Å². The molecule has 0 bridgehead atoms. The number of carbonyl (C=O) groups excluding carboxylic acids is 2. The van der Waals surface area contributed by atoms with Crippen LogP contribution in [0.5, 0.6) is 0 Å². The van der Waals surface area contributed by atoms with E-state index in [0.717, 1.165) is 18.5 Å².